The molecule has 4 aromatic rings. The number of para-hydroxylation sites is 1. The third-order valence-corrected chi connectivity index (χ3v) is 6.57. The van der Waals surface area contributed by atoms with E-state index in [2.05, 4.69) is 5.32 Å². The van der Waals surface area contributed by atoms with Gasteiger partial charge in [0.05, 0.1) is 22.4 Å². The highest BCUT2D eigenvalue weighted by molar-refractivity contribution is 8.00. The molecule has 0 bridgehead atoms. The number of anilines is 1. The van der Waals surface area contributed by atoms with Gasteiger partial charge in [0.2, 0.25) is 5.91 Å². The lowest BCUT2D eigenvalue weighted by Crippen LogP contribution is -2.15. The smallest absolute Gasteiger partial charge is 0.235 e. The molecule has 0 fully saturated rings. The Morgan fingerprint density at radius 2 is 1.60 bits per heavy atom. The number of halogens is 1. The van der Waals surface area contributed by atoms with Crippen molar-refractivity contribution >= 4 is 35.1 Å². The van der Waals surface area contributed by atoms with Gasteiger partial charge in [-0.05, 0) is 29.8 Å². The first-order valence-corrected chi connectivity index (χ1v) is 11.0. The summed E-state index contributed by atoms with van der Waals surface area (Å²) in [6.45, 7) is 0. The van der Waals surface area contributed by atoms with Gasteiger partial charge in [-0.2, -0.15) is 5.10 Å². The van der Waals surface area contributed by atoms with Gasteiger partial charge in [0, 0.05) is 16.1 Å². The van der Waals surface area contributed by atoms with Crippen LogP contribution in [0.25, 0.3) is 16.9 Å². The van der Waals surface area contributed by atoms with E-state index in [9.17, 15) is 4.79 Å². The van der Waals surface area contributed by atoms with Gasteiger partial charge < -0.3 is 5.32 Å². The molecule has 1 N–H and O–H groups in total. The van der Waals surface area contributed by atoms with Crippen LogP contribution < -0.4 is 5.32 Å². The lowest BCUT2D eigenvalue weighted by atomic mass is 10.00. The average molecular weight is 432 g/mol. The molecular weight excluding hydrogens is 414 g/mol. The third-order valence-electron chi connectivity index (χ3n) is 5.04. The first kappa shape index (κ1) is 19.0. The van der Waals surface area contributed by atoms with Gasteiger partial charge >= 0.3 is 0 Å². The van der Waals surface area contributed by atoms with Crippen molar-refractivity contribution in [2.75, 3.05) is 11.1 Å². The SMILES string of the molecule is O=C1CS[C@@H](c2ccc(Cl)cc2)c2c(-c3ccccc3)nn(-c3ccccc3)c2N1. The van der Waals surface area contributed by atoms with Gasteiger partial charge in [-0.1, -0.05) is 72.3 Å². The van der Waals surface area contributed by atoms with Gasteiger partial charge in [0.1, 0.15) is 5.82 Å². The fourth-order valence-corrected chi connectivity index (χ4v) is 4.93. The Morgan fingerprint density at radius 3 is 2.30 bits per heavy atom. The van der Waals surface area contributed by atoms with E-state index in [0.717, 1.165) is 33.9 Å². The van der Waals surface area contributed by atoms with E-state index in [1.165, 1.54) is 0 Å². The standard InChI is InChI=1S/C24H18ClN3OS/c25-18-13-11-17(12-14-18)23-21-22(16-7-3-1-4-8-16)27-28(19-9-5-2-6-10-19)24(21)26-20(29)15-30-23/h1-14,23H,15H2,(H,26,29)/t23-/m0/s1. The second-order valence-corrected chi connectivity index (χ2v) is 8.54. The zero-order valence-electron chi connectivity index (χ0n) is 16.0. The first-order chi connectivity index (χ1) is 14.7. The third kappa shape index (κ3) is 3.51. The average Bonchev–Trinajstić information content (AvgIpc) is 3.06. The molecule has 148 valence electrons. The Labute approximate surface area is 183 Å². The van der Waals surface area contributed by atoms with Crippen LogP contribution in [0.1, 0.15) is 16.4 Å². The predicted octanol–water partition coefficient (Wildman–Crippen LogP) is 5.97. The molecule has 2 heterocycles. The number of fused-ring (bicyclic) bond motifs is 1. The fraction of sp³-hybridized carbons (Fsp3) is 0.0833. The summed E-state index contributed by atoms with van der Waals surface area (Å²) in [4.78, 5) is 12.6. The normalized spacial score (nSPS) is 15.9. The highest BCUT2D eigenvalue weighted by Gasteiger charge is 2.32. The van der Waals surface area contributed by atoms with Crippen LogP contribution >= 0.6 is 23.4 Å². The number of hydrogen-bond acceptors (Lipinski definition) is 3. The summed E-state index contributed by atoms with van der Waals surface area (Å²) in [7, 11) is 0. The molecule has 1 atom stereocenters. The number of aromatic nitrogens is 2. The van der Waals surface area contributed by atoms with E-state index in [1.54, 1.807) is 11.8 Å². The Kier molecular flexibility index (Phi) is 5.07. The summed E-state index contributed by atoms with van der Waals surface area (Å²) in [6.07, 6.45) is 0. The molecule has 0 spiro atoms. The van der Waals surface area contributed by atoms with Gasteiger partial charge in [-0.25, -0.2) is 4.68 Å². The van der Waals surface area contributed by atoms with Gasteiger partial charge in [-0.3, -0.25) is 4.79 Å². The molecule has 1 aliphatic rings. The van der Waals surface area contributed by atoms with Crippen LogP contribution in [0.3, 0.4) is 0 Å². The van der Waals surface area contributed by atoms with E-state index in [4.69, 9.17) is 16.7 Å². The molecule has 6 heteroatoms. The summed E-state index contributed by atoms with van der Waals surface area (Å²) in [5.41, 5.74) is 4.87. The minimum Gasteiger partial charge on any atom is -0.310 e. The molecule has 1 amide bonds. The number of thioether (sulfide) groups is 1. The van der Waals surface area contributed by atoms with Gasteiger partial charge in [-0.15, -0.1) is 11.8 Å². The number of carbonyl (C=O) groups is 1. The molecule has 30 heavy (non-hydrogen) atoms. The quantitative estimate of drug-likeness (QED) is 0.435. The van der Waals surface area contributed by atoms with Crippen molar-refractivity contribution < 1.29 is 4.79 Å². The molecule has 1 aromatic heterocycles. The fourth-order valence-electron chi connectivity index (χ4n) is 3.67. The topological polar surface area (TPSA) is 46.9 Å². The van der Waals surface area contributed by atoms with Crippen LogP contribution in [0.2, 0.25) is 5.02 Å². The number of benzene rings is 3. The molecule has 0 saturated carbocycles. The van der Waals surface area contributed by atoms with Crippen LogP contribution in [0, 0.1) is 0 Å². The molecule has 3 aromatic carbocycles. The van der Waals surface area contributed by atoms with Crippen LogP contribution in [0.15, 0.2) is 84.9 Å². The summed E-state index contributed by atoms with van der Waals surface area (Å²) >= 11 is 7.73. The van der Waals surface area contributed by atoms with Crippen molar-refractivity contribution in [3.05, 3.63) is 101 Å². The number of nitrogens with zero attached hydrogens (tertiary/aromatic N) is 2. The van der Waals surface area contributed by atoms with E-state index >= 15 is 0 Å². The highest BCUT2D eigenvalue weighted by Crippen LogP contribution is 2.46. The van der Waals surface area contributed by atoms with Crippen molar-refractivity contribution in [3.63, 3.8) is 0 Å². The summed E-state index contributed by atoms with van der Waals surface area (Å²) < 4.78 is 1.84. The van der Waals surface area contributed by atoms with Crippen molar-refractivity contribution in [1.82, 2.24) is 9.78 Å². The van der Waals surface area contributed by atoms with E-state index < -0.39 is 0 Å². The number of carbonyl (C=O) groups excluding carboxylic acids is 1. The Hall–Kier alpha value is -3.02. The number of rotatable bonds is 3. The highest BCUT2D eigenvalue weighted by atomic mass is 35.5. The minimum absolute atomic E-state index is 0.0330. The van der Waals surface area contributed by atoms with Crippen molar-refractivity contribution in [2.24, 2.45) is 0 Å². The van der Waals surface area contributed by atoms with Crippen LogP contribution in [0.5, 0.6) is 0 Å². The lowest BCUT2D eigenvalue weighted by Gasteiger charge is -2.16. The van der Waals surface area contributed by atoms with Crippen molar-refractivity contribution in [2.45, 2.75) is 5.25 Å². The van der Waals surface area contributed by atoms with E-state index in [0.29, 0.717) is 10.8 Å². The maximum absolute atomic E-state index is 12.6. The largest absolute Gasteiger partial charge is 0.310 e. The van der Waals surface area contributed by atoms with Crippen LogP contribution in [0.4, 0.5) is 5.82 Å². The monoisotopic (exact) mass is 431 g/mol. The Bertz CT molecular complexity index is 1190. The van der Waals surface area contributed by atoms with E-state index in [-0.39, 0.29) is 11.2 Å². The number of amides is 1. The van der Waals surface area contributed by atoms with Crippen LogP contribution in [-0.2, 0) is 4.79 Å². The molecule has 0 radical (unpaired) electrons. The number of nitrogens with one attached hydrogen (secondary N) is 1. The first-order valence-electron chi connectivity index (χ1n) is 9.61. The van der Waals surface area contributed by atoms with Crippen molar-refractivity contribution in [1.29, 1.82) is 0 Å². The zero-order valence-corrected chi connectivity index (χ0v) is 17.5. The number of hydrogen-bond donors (Lipinski definition) is 1. The maximum atomic E-state index is 12.6. The second-order valence-electron chi connectivity index (χ2n) is 7.02. The van der Waals surface area contributed by atoms with Crippen LogP contribution in [-0.4, -0.2) is 21.4 Å². The lowest BCUT2D eigenvalue weighted by molar-refractivity contribution is -0.113. The zero-order chi connectivity index (χ0) is 20.5. The molecule has 0 unspecified atom stereocenters. The van der Waals surface area contributed by atoms with Gasteiger partial charge in [0.15, 0.2) is 0 Å². The summed E-state index contributed by atoms with van der Waals surface area (Å²) in [5, 5.41) is 8.71. The summed E-state index contributed by atoms with van der Waals surface area (Å²) in [5.74, 6) is 1.05. The maximum Gasteiger partial charge on any atom is 0.235 e. The Balaban J connectivity index is 1.78. The molecule has 5 rings (SSSR count). The molecule has 0 aliphatic carbocycles. The Morgan fingerprint density at radius 1 is 0.933 bits per heavy atom. The molecule has 0 saturated heterocycles. The molecule has 1 aliphatic heterocycles. The van der Waals surface area contributed by atoms with Crippen molar-refractivity contribution in [3.8, 4) is 16.9 Å². The minimum atomic E-state index is -0.0520. The molecular formula is C24H18ClN3OS. The van der Waals surface area contributed by atoms with E-state index in [1.807, 2.05) is 89.6 Å². The molecule has 4 nitrogen and oxygen atoms in total. The second kappa shape index (κ2) is 8.01. The predicted molar refractivity (Wildman–Crippen MR) is 123 cm³/mol. The summed E-state index contributed by atoms with van der Waals surface area (Å²) in [6, 6.07) is 27.8. The van der Waals surface area contributed by atoms with Gasteiger partial charge in [0.25, 0.3) is 0 Å².